The quantitative estimate of drug-likeness (QED) is 0.450. The van der Waals surface area contributed by atoms with Crippen molar-refractivity contribution < 1.29 is 19.1 Å². The number of carbonyl (C=O) groups excluding carboxylic acids is 1. The zero-order valence-electron chi connectivity index (χ0n) is 15.4. The standard InChI is InChI=1S/C23H14ClNO5/c24-18-9-8-16(22(27)28)12-19(18)25-21(26)15-6-3-5-13(10-15)17-11-14-4-1-2-7-20(14)30-23(17)29/h1-12H,(H,25,26)(H,27,28). The molecule has 0 saturated heterocycles. The van der Waals surface area contributed by atoms with Gasteiger partial charge in [-0.15, -0.1) is 0 Å². The average molecular weight is 420 g/mol. The van der Waals surface area contributed by atoms with Gasteiger partial charge < -0.3 is 14.8 Å². The topological polar surface area (TPSA) is 96.6 Å². The van der Waals surface area contributed by atoms with Crippen LogP contribution in [0.4, 0.5) is 5.69 Å². The zero-order valence-corrected chi connectivity index (χ0v) is 16.1. The second-order valence-electron chi connectivity index (χ2n) is 6.52. The van der Waals surface area contributed by atoms with Crippen LogP contribution in [0.1, 0.15) is 20.7 Å². The van der Waals surface area contributed by atoms with E-state index < -0.39 is 17.5 Å². The Morgan fingerprint density at radius 3 is 2.50 bits per heavy atom. The summed E-state index contributed by atoms with van der Waals surface area (Å²) >= 11 is 6.07. The van der Waals surface area contributed by atoms with Gasteiger partial charge in [0.2, 0.25) is 0 Å². The van der Waals surface area contributed by atoms with Crippen LogP contribution in [-0.2, 0) is 0 Å². The fourth-order valence-corrected chi connectivity index (χ4v) is 3.20. The van der Waals surface area contributed by atoms with Gasteiger partial charge >= 0.3 is 11.6 Å². The molecule has 0 aliphatic rings. The fraction of sp³-hybridized carbons (Fsp3) is 0. The van der Waals surface area contributed by atoms with E-state index in [0.717, 1.165) is 5.39 Å². The largest absolute Gasteiger partial charge is 0.478 e. The number of carboxylic acid groups (broad SMARTS) is 1. The number of hydrogen-bond donors (Lipinski definition) is 2. The molecule has 1 heterocycles. The Morgan fingerprint density at radius 2 is 1.70 bits per heavy atom. The lowest BCUT2D eigenvalue weighted by atomic mass is 10.0. The molecule has 1 amide bonds. The van der Waals surface area contributed by atoms with E-state index >= 15 is 0 Å². The minimum atomic E-state index is -1.13. The zero-order chi connectivity index (χ0) is 21.3. The number of carboxylic acids is 1. The maximum Gasteiger partial charge on any atom is 0.344 e. The second kappa shape index (κ2) is 7.85. The molecule has 0 spiro atoms. The van der Waals surface area contributed by atoms with Gasteiger partial charge in [-0.2, -0.15) is 0 Å². The summed E-state index contributed by atoms with van der Waals surface area (Å²) in [5.41, 5.74) is 1.27. The summed E-state index contributed by atoms with van der Waals surface area (Å²) in [5.74, 6) is -1.63. The fourth-order valence-electron chi connectivity index (χ4n) is 3.04. The Kier molecular flexibility index (Phi) is 5.08. The van der Waals surface area contributed by atoms with E-state index in [1.165, 1.54) is 18.2 Å². The van der Waals surface area contributed by atoms with Crippen molar-refractivity contribution in [2.75, 3.05) is 5.32 Å². The molecule has 0 atom stereocenters. The van der Waals surface area contributed by atoms with Gasteiger partial charge in [0, 0.05) is 10.9 Å². The molecule has 0 radical (unpaired) electrons. The van der Waals surface area contributed by atoms with Gasteiger partial charge in [-0.25, -0.2) is 9.59 Å². The second-order valence-corrected chi connectivity index (χ2v) is 6.93. The van der Waals surface area contributed by atoms with Gasteiger partial charge in [-0.05, 0) is 48.0 Å². The highest BCUT2D eigenvalue weighted by molar-refractivity contribution is 6.34. The maximum absolute atomic E-state index is 12.7. The normalized spacial score (nSPS) is 10.7. The van der Waals surface area contributed by atoms with Gasteiger partial charge in [0.25, 0.3) is 5.91 Å². The van der Waals surface area contributed by atoms with Gasteiger partial charge in [0.05, 0.1) is 21.8 Å². The Balaban J connectivity index is 1.68. The van der Waals surface area contributed by atoms with Crippen LogP contribution in [0.25, 0.3) is 22.1 Å². The molecule has 1 aromatic heterocycles. The molecular formula is C23H14ClNO5. The lowest BCUT2D eigenvalue weighted by Gasteiger charge is -2.09. The number of benzene rings is 3. The lowest BCUT2D eigenvalue weighted by Crippen LogP contribution is -2.13. The summed E-state index contributed by atoms with van der Waals surface area (Å²) in [6, 6.07) is 19.4. The SMILES string of the molecule is O=C(O)c1ccc(Cl)c(NC(=O)c2cccc(-c3cc4ccccc4oc3=O)c2)c1. The molecule has 4 aromatic rings. The first-order valence-corrected chi connectivity index (χ1v) is 9.28. The number of para-hydroxylation sites is 1. The Hall–Kier alpha value is -3.90. The molecule has 6 nitrogen and oxygen atoms in total. The molecule has 148 valence electrons. The van der Waals surface area contributed by atoms with Gasteiger partial charge in [0.1, 0.15) is 5.58 Å². The van der Waals surface area contributed by atoms with Crippen LogP contribution >= 0.6 is 11.6 Å². The Bertz CT molecular complexity index is 1360. The first-order valence-electron chi connectivity index (χ1n) is 8.90. The average Bonchev–Trinajstić information content (AvgIpc) is 2.74. The monoisotopic (exact) mass is 419 g/mol. The minimum Gasteiger partial charge on any atom is -0.478 e. The highest BCUT2D eigenvalue weighted by Gasteiger charge is 2.14. The van der Waals surface area contributed by atoms with Crippen LogP contribution in [-0.4, -0.2) is 17.0 Å². The predicted molar refractivity (Wildman–Crippen MR) is 114 cm³/mol. The van der Waals surface area contributed by atoms with Crippen molar-refractivity contribution in [3.63, 3.8) is 0 Å². The summed E-state index contributed by atoms with van der Waals surface area (Å²) < 4.78 is 5.37. The summed E-state index contributed by atoms with van der Waals surface area (Å²) in [5, 5.41) is 12.7. The molecule has 0 bridgehead atoms. The lowest BCUT2D eigenvalue weighted by molar-refractivity contribution is 0.0696. The summed E-state index contributed by atoms with van der Waals surface area (Å²) in [6.45, 7) is 0. The summed E-state index contributed by atoms with van der Waals surface area (Å²) in [7, 11) is 0. The van der Waals surface area contributed by atoms with Crippen molar-refractivity contribution in [3.8, 4) is 11.1 Å². The van der Waals surface area contributed by atoms with Crippen molar-refractivity contribution in [2.45, 2.75) is 0 Å². The molecule has 0 aliphatic heterocycles. The van der Waals surface area contributed by atoms with Crippen molar-refractivity contribution in [3.05, 3.63) is 99.4 Å². The number of halogens is 1. The number of rotatable bonds is 4. The molecule has 30 heavy (non-hydrogen) atoms. The number of nitrogens with one attached hydrogen (secondary N) is 1. The van der Waals surface area contributed by atoms with E-state index in [1.807, 2.05) is 12.1 Å². The minimum absolute atomic E-state index is 0.00257. The third-order valence-electron chi connectivity index (χ3n) is 4.54. The molecule has 3 aromatic carbocycles. The highest BCUT2D eigenvalue weighted by Crippen LogP contribution is 2.25. The summed E-state index contributed by atoms with van der Waals surface area (Å²) in [4.78, 5) is 36.3. The molecule has 0 saturated carbocycles. The third-order valence-corrected chi connectivity index (χ3v) is 4.87. The van der Waals surface area contributed by atoms with Crippen LogP contribution in [0.3, 0.4) is 0 Å². The van der Waals surface area contributed by atoms with Crippen LogP contribution in [0.5, 0.6) is 0 Å². The Morgan fingerprint density at radius 1 is 0.900 bits per heavy atom. The molecule has 0 aliphatic carbocycles. The van der Waals surface area contributed by atoms with E-state index in [1.54, 1.807) is 42.5 Å². The molecule has 7 heteroatoms. The van der Waals surface area contributed by atoms with Gasteiger partial charge in [-0.3, -0.25) is 4.79 Å². The smallest absolute Gasteiger partial charge is 0.344 e. The van der Waals surface area contributed by atoms with E-state index in [2.05, 4.69) is 5.32 Å². The number of hydrogen-bond acceptors (Lipinski definition) is 4. The number of aromatic carboxylic acids is 1. The highest BCUT2D eigenvalue weighted by atomic mass is 35.5. The number of anilines is 1. The van der Waals surface area contributed by atoms with Gasteiger partial charge in [-0.1, -0.05) is 41.9 Å². The predicted octanol–water partition coefficient (Wildman–Crippen LogP) is 5.06. The molecule has 0 fully saturated rings. The van der Waals surface area contributed by atoms with E-state index in [0.29, 0.717) is 16.7 Å². The summed E-state index contributed by atoms with van der Waals surface area (Å²) in [6.07, 6.45) is 0. The molecule has 0 unspecified atom stereocenters. The molecule has 2 N–H and O–H groups in total. The van der Waals surface area contributed by atoms with E-state index in [4.69, 9.17) is 21.1 Å². The number of fused-ring (bicyclic) bond motifs is 1. The van der Waals surface area contributed by atoms with Crippen LogP contribution in [0.2, 0.25) is 5.02 Å². The third kappa shape index (κ3) is 3.81. The number of amides is 1. The van der Waals surface area contributed by atoms with Crippen LogP contribution in [0, 0.1) is 0 Å². The van der Waals surface area contributed by atoms with E-state index in [-0.39, 0.29) is 21.8 Å². The van der Waals surface area contributed by atoms with Crippen molar-refractivity contribution in [1.29, 1.82) is 0 Å². The van der Waals surface area contributed by atoms with E-state index in [9.17, 15) is 14.4 Å². The van der Waals surface area contributed by atoms with Crippen molar-refractivity contribution in [1.82, 2.24) is 0 Å². The van der Waals surface area contributed by atoms with Crippen LogP contribution in [0.15, 0.2) is 82.0 Å². The van der Waals surface area contributed by atoms with Crippen LogP contribution < -0.4 is 10.9 Å². The molecular weight excluding hydrogens is 406 g/mol. The molecule has 4 rings (SSSR count). The van der Waals surface area contributed by atoms with Gasteiger partial charge in [0.15, 0.2) is 0 Å². The first kappa shape index (κ1) is 19.4. The van der Waals surface area contributed by atoms with Crippen molar-refractivity contribution in [2.24, 2.45) is 0 Å². The maximum atomic E-state index is 12.7. The van der Waals surface area contributed by atoms with Crippen molar-refractivity contribution >= 4 is 40.1 Å². The number of carbonyl (C=O) groups is 2. The first-order chi connectivity index (χ1) is 14.4. The Labute approximate surface area is 175 Å².